The van der Waals surface area contributed by atoms with Crippen molar-refractivity contribution in [2.24, 2.45) is 0 Å². The van der Waals surface area contributed by atoms with Crippen molar-refractivity contribution in [3.63, 3.8) is 0 Å². The molecule has 1 N–H and O–H groups in total. The third kappa shape index (κ3) is 9.00. The van der Waals surface area contributed by atoms with Crippen LogP contribution < -0.4 is 29.6 Å². The second-order valence-corrected chi connectivity index (χ2v) is 7.77. The van der Waals surface area contributed by atoms with Gasteiger partial charge in [-0.15, -0.1) is 12.6 Å². The molecule has 162 valence electrons. The quantitative estimate of drug-likeness (QED) is 0.319. The zero-order chi connectivity index (χ0) is 20.5. The summed E-state index contributed by atoms with van der Waals surface area (Å²) in [5.41, 5.74) is 0. The van der Waals surface area contributed by atoms with Crippen LogP contribution >= 0.6 is 0 Å². The van der Waals surface area contributed by atoms with Gasteiger partial charge in [0.25, 0.3) is 0 Å². The van der Waals surface area contributed by atoms with Crippen molar-refractivity contribution in [3.8, 4) is 0 Å². The predicted molar refractivity (Wildman–Crippen MR) is 95.3 cm³/mol. The van der Waals surface area contributed by atoms with Gasteiger partial charge in [-0.1, -0.05) is 12.8 Å². The topological polar surface area (TPSA) is 125 Å². The Morgan fingerprint density at radius 1 is 0.828 bits per heavy atom. The molecule has 9 nitrogen and oxygen atoms in total. The van der Waals surface area contributed by atoms with Crippen LogP contribution in [0.1, 0.15) is 64.2 Å². The molecule has 0 bridgehead atoms. The number of aliphatic hydroxyl groups excluding tert-OH is 1. The smallest absolute Gasteiger partial charge is 0.563 e. The van der Waals surface area contributed by atoms with Crippen LogP contribution in [0, 0.1) is 6.61 Å². The van der Waals surface area contributed by atoms with Crippen molar-refractivity contribution in [1.29, 1.82) is 0 Å². The van der Waals surface area contributed by atoms with Crippen LogP contribution in [0.3, 0.4) is 0 Å². The predicted octanol–water partition coefficient (Wildman–Crippen LogP) is -1.14. The van der Waals surface area contributed by atoms with Crippen molar-refractivity contribution >= 4 is 16.9 Å². The average Bonchev–Trinajstić information content (AvgIpc) is 3.27. The number of carbonyl (C=O) groups excluding carboxylic acids is 1. The van der Waals surface area contributed by atoms with E-state index in [1.54, 1.807) is 0 Å². The summed E-state index contributed by atoms with van der Waals surface area (Å²) in [5.74, 6) is -0.730. The van der Waals surface area contributed by atoms with Crippen LogP contribution in [-0.4, -0.2) is 61.0 Å². The molecule has 0 aromatic rings. The molecule has 0 aromatic heterocycles. The minimum absolute atomic E-state index is 0. The number of carbonyl (C=O) groups is 1. The molecule has 4 fully saturated rings. The average molecular weight is 444 g/mol. The molecule has 4 rings (SSSR count). The van der Waals surface area contributed by atoms with Crippen LogP contribution in [0.2, 0.25) is 0 Å². The Hall–Kier alpha value is 0.0900. The third-order valence-corrected chi connectivity index (χ3v) is 5.30. The molecule has 2 saturated heterocycles. The van der Waals surface area contributed by atoms with Gasteiger partial charge in [0.2, 0.25) is 0 Å². The van der Waals surface area contributed by atoms with Crippen molar-refractivity contribution in [2.75, 3.05) is 13.2 Å². The fourth-order valence-electron chi connectivity index (χ4n) is 4.00. The fourth-order valence-corrected chi connectivity index (χ4v) is 4.00. The molecular formula is C18H29NaO9S. The van der Waals surface area contributed by atoms with E-state index in [1.807, 2.05) is 0 Å². The van der Waals surface area contributed by atoms with Gasteiger partial charge in [0.05, 0.1) is 13.2 Å². The molecule has 4 aliphatic rings. The SMILES string of the molecule is O=C[C@H]1COC2(CCCCC2)O1.O=S(=O)=O.O[CH-][C@H]1COC2(CCCCC2)O1.[Na+]. The maximum absolute atomic E-state index is 10.4. The number of aldehydes is 1. The fraction of sp³-hybridized carbons (Fsp3) is 0.889. The van der Waals surface area contributed by atoms with E-state index < -0.39 is 10.6 Å². The summed E-state index contributed by atoms with van der Waals surface area (Å²) >= 11 is 0. The first-order valence-corrected chi connectivity index (χ1v) is 10.8. The second kappa shape index (κ2) is 13.5. The number of ether oxygens (including phenoxy) is 4. The standard InChI is InChI=1S/C9H15O3.C9H14O3.Na.O3S/c2*10-6-8-7-11-9(12-8)4-2-1-3-5-9;;1-4(2)3/h6,8,10H,1-5,7H2;6,8H,1-5,7H2;;/q-1;;+1;/t2*8-;;/m00../s1. The van der Waals surface area contributed by atoms with Gasteiger partial charge in [0.1, 0.15) is 6.10 Å². The van der Waals surface area contributed by atoms with Gasteiger partial charge >= 0.3 is 40.2 Å². The molecule has 2 aliphatic heterocycles. The summed E-state index contributed by atoms with van der Waals surface area (Å²) in [4.78, 5) is 10.4. The molecule has 2 spiro atoms. The van der Waals surface area contributed by atoms with E-state index in [0.717, 1.165) is 51.4 Å². The Kier molecular flexibility index (Phi) is 12.6. The van der Waals surface area contributed by atoms with Crippen LogP contribution in [0.5, 0.6) is 0 Å². The Morgan fingerprint density at radius 2 is 1.28 bits per heavy atom. The number of aliphatic hydroxyl groups is 1. The normalized spacial score (nSPS) is 29.0. The molecule has 2 atom stereocenters. The molecule has 0 amide bonds. The number of hydrogen-bond donors (Lipinski definition) is 1. The maximum Gasteiger partial charge on any atom is 1.00 e. The van der Waals surface area contributed by atoms with Crippen LogP contribution in [0.4, 0.5) is 0 Å². The molecule has 2 heterocycles. The van der Waals surface area contributed by atoms with Gasteiger partial charge in [-0.05, 0) is 31.8 Å². The molecule has 0 unspecified atom stereocenters. The van der Waals surface area contributed by atoms with Crippen molar-refractivity contribution in [2.45, 2.75) is 88.0 Å². The maximum atomic E-state index is 10.4. The van der Waals surface area contributed by atoms with E-state index in [2.05, 4.69) is 0 Å². The third-order valence-electron chi connectivity index (χ3n) is 5.30. The second-order valence-electron chi connectivity index (χ2n) is 7.37. The molecular weight excluding hydrogens is 415 g/mol. The monoisotopic (exact) mass is 444 g/mol. The first-order chi connectivity index (χ1) is 13.4. The van der Waals surface area contributed by atoms with E-state index >= 15 is 0 Å². The zero-order valence-corrected chi connectivity index (χ0v) is 19.7. The van der Waals surface area contributed by atoms with Gasteiger partial charge in [0.15, 0.2) is 17.9 Å². The van der Waals surface area contributed by atoms with E-state index in [9.17, 15) is 4.79 Å². The summed E-state index contributed by atoms with van der Waals surface area (Å²) in [5, 5.41) is 8.75. The molecule has 0 aromatic carbocycles. The van der Waals surface area contributed by atoms with Crippen LogP contribution in [0.25, 0.3) is 0 Å². The molecule has 29 heavy (non-hydrogen) atoms. The summed E-state index contributed by atoms with van der Waals surface area (Å²) in [7, 11) is -3.11. The minimum atomic E-state index is -3.11. The number of hydrogen-bond acceptors (Lipinski definition) is 9. The van der Waals surface area contributed by atoms with Crippen molar-refractivity contribution in [1.82, 2.24) is 0 Å². The van der Waals surface area contributed by atoms with Gasteiger partial charge in [-0.3, -0.25) is 0 Å². The summed E-state index contributed by atoms with van der Waals surface area (Å²) in [6.45, 7) is 2.04. The summed E-state index contributed by atoms with van der Waals surface area (Å²) < 4.78 is 47.6. The zero-order valence-electron chi connectivity index (χ0n) is 16.9. The van der Waals surface area contributed by atoms with Crippen LogP contribution in [-0.2, 0) is 34.4 Å². The summed E-state index contributed by atoms with van der Waals surface area (Å²) in [6, 6.07) is 0. The molecule has 2 aliphatic carbocycles. The Morgan fingerprint density at radius 3 is 1.66 bits per heavy atom. The van der Waals surface area contributed by atoms with Gasteiger partial charge in [-0.2, -0.15) is 6.61 Å². The van der Waals surface area contributed by atoms with Crippen molar-refractivity contribution in [3.05, 3.63) is 6.61 Å². The number of rotatable bonds is 2. The van der Waals surface area contributed by atoms with Gasteiger partial charge in [0, 0.05) is 25.7 Å². The Bertz CT molecular complexity index is 579. The summed E-state index contributed by atoms with van der Waals surface area (Å²) in [6.07, 6.45) is 11.4. The first kappa shape index (κ1) is 27.1. The van der Waals surface area contributed by atoms with Gasteiger partial charge < -0.3 is 28.8 Å². The first-order valence-electron chi connectivity index (χ1n) is 9.76. The Balaban J connectivity index is 0.000000239. The van der Waals surface area contributed by atoms with Crippen molar-refractivity contribution < 1.29 is 71.0 Å². The van der Waals surface area contributed by atoms with Crippen LogP contribution in [0.15, 0.2) is 0 Å². The minimum Gasteiger partial charge on any atom is -0.563 e. The Labute approximate surface area is 195 Å². The largest absolute Gasteiger partial charge is 1.00 e. The van der Waals surface area contributed by atoms with E-state index in [1.165, 1.54) is 25.7 Å². The van der Waals surface area contributed by atoms with E-state index in [-0.39, 0.29) is 53.3 Å². The van der Waals surface area contributed by atoms with E-state index in [4.69, 9.17) is 36.7 Å². The molecule has 11 heteroatoms. The molecule has 0 radical (unpaired) electrons. The van der Waals surface area contributed by atoms with E-state index in [0.29, 0.717) is 13.2 Å². The molecule has 2 saturated carbocycles. The van der Waals surface area contributed by atoms with Gasteiger partial charge in [-0.25, -0.2) is 0 Å².